The highest BCUT2D eigenvalue weighted by molar-refractivity contribution is 7.98. The minimum absolute atomic E-state index is 0.0581. The van der Waals surface area contributed by atoms with Crippen molar-refractivity contribution in [3.05, 3.63) is 64.9 Å². The molecule has 1 aliphatic rings. The van der Waals surface area contributed by atoms with Crippen molar-refractivity contribution in [1.82, 2.24) is 15.2 Å². The van der Waals surface area contributed by atoms with Crippen molar-refractivity contribution >= 4 is 29.3 Å². The second kappa shape index (κ2) is 11.4. The molecule has 1 aromatic carbocycles. The van der Waals surface area contributed by atoms with E-state index in [0.717, 1.165) is 40.9 Å². The summed E-state index contributed by atoms with van der Waals surface area (Å²) in [4.78, 5) is 19.0. The molecule has 1 aromatic heterocycles. The van der Waals surface area contributed by atoms with Gasteiger partial charge in [0.1, 0.15) is 0 Å². The molecule has 0 radical (unpaired) electrons. The van der Waals surface area contributed by atoms with Crippen LogP contribution in [0.3, 0.4) is 0 Å². The highest BCUT2D eigenvalue weighted by Gasteiger charge is 2.24. The highest BCUT2D eigenvalue weighted by atomic mass is 35.5. The van der Waals surface area contributed by atoms with E-state index < -0.39 is 0 Å². The van der Waals surface area contributed by atoms with Crippen molar-refractivity contribution in [3.8, 4) is 0 Å². The quantitative estimate of drug-likeness (QED) is 0.630. The van der Waals surface area contributed by atoms with Crippen molar-refractivity contribution in [1.29, 1.82) is 0 Å². The maximum absolute atomic E-state index is 12.3. The largest absolute Gasteiger partial charge is 0.379 e. The second-order valence-electron chi connectivity index (χ2n) is 6.61. The molecule has 1 fully saturated rings. The molecule has 150 valence electrons. The molecular weight excluding hydrogens is 394 g/mol. The Balaban J connectivity index is 1.48. The summed E-state index contributed by atoms with van der Waals surface area (Å²) in [5, 5.41) is 3.83. The number of hydrogen-bond acceptors (Lipinski definition) is 5. The summed E-state index contributed by atoms with van der Waals surface area (Å²) in [6.45, 7) is 3.64. The van der Waals surface area contributed by atoms with Gasteiger partial charge in [-0.2, -0.15) is 11.8 Å². The Labute approximate surface area is 175 Å². The molecule has 1 unspecified atom stereocenters. The van der Waals surface area contributed by atoms with Crippen molar-refractivity contribution < 1.29 is 9.53 Å². The minimum Gasteiger partial charge on any atom is -0.379 e. The monoisotopic (exact) mass is 419 g/mol. The summed E-state index contributed by atoms with van der Waals surface area (Å²) < 4.78 is 5.47. The third kappa shape index (κ3) is 6.48. The first-order valence-corrected chi connectivity index (χ1v) is 11.1. The van der Waals surface area contributed by atoms with Gasteiger partial charge in [-0.25, -0.2) is 0 Å². The van der Waals surface area contributed by atoms with E-state index in [1.165, 1.54) is 0 Å². The normalized spacial score (nSPS) is 15.9. The van der Waals surface area contributed by atoms with Gasteiger partial charge < -0.3 is 10.1 Å². The maximum Gasteiger partial charge on any atom is 0.220 e. The zero-order chi connectivity index (χ0) is 19.6. The minimum atomic E-state index is 0.0581. The molecule has 0 aliphatic carbocycles. The summed E-state index contributed by atoms with van der Waals surface area (Å²) in [5.41, 5.74) is 2.09. The fraction of sp³-hybridized carbons (Fsp3) is 0.429. The number of hydrogen-bond donors (Lipinski definition) is 1. The van der Waals surface area contributed by atoms with Crippen LogP contribution in [-0.2, 0) is 15.3 Å². The molecule has 0 bridgehead atoms. The van der Waals surface area contributed by atoms with Gasteiger partial charge in [0.25, 0.3) is 0 Å². The molecular formula is C21H26ClN3O2S. The number of ether oxygens (including phenoxy) is 1. The summed E-state index contributed by atoms with van der Waals surface area (Å²) in [5.74, 6) is 1.67. The number of benzene rings is 1. The number of morpholine rings is 1. The van der Waals surface area contributed by atoms with E-state index in [1.807, 2.05) is 42.5 Å². The van der Waals surface area contributed by atoms with Gasteiger partial charge in [-0.1, -0.05) is 35.9 Å². The number of carbonyl (C=O) groups is 1. The van der Waals surface area contributed by atoms with Crippen molar-refractivity contribution in [2.45, 2.75) is 18.2 Å². The lowest BCUT2D eigenvalue weighted by Gasteiger charge is -2.35. The predicted octanol–water partition coefficient (Wildman–Crippen LogP) is 3.55. The van der Waals surface area contributed by atoms with Crippen LogP contribution in [0.1, 0.15) is 23.7 Å². The lowest BCUT2D eigenvalue weighted by atomic mass is 10.0. The summed E-state index contributed by atoms with van der Waals surface area (Å²) in [6.07, 6.45) is 2.29. The van der Waals surface area contributed by atoms with Crippen LogP contribution in [0.2, 0.25) is 5.02 Å². The number of halogens is 1. The highest BCUT2D eigenvalue weighted by Crippen LogP contribution is 2.27. The van der Waals surface area contributed by atoms with E-state index in [1.54, 1.807) is 18.0 Å². The van der Waals surface area contributed by atoms with Gasteiger partial charge in [0.15, 0.2) is 0 Å². The average Bonchev–Trinajstić information content (AvgIpc) is 2.74. The fourth-order valence-corrected chi connectivity index (χ4v) is 4.31. The Morgan fingerprint density at radius 2 is 2.00 bits per heavy atom. The van der Waals surface area contributed by atoms with Crippen molar-refractivity contribution in [3.63, 3.8) is 0 Å². The zero-order valence-electron chi connectivity index (χ0n) is 15.9. The summed E-state index contributed by atoms with van der Waals surface area (Å²) in [6, 6.07) is 13.8. The number of nitrogens with zero attached hydrogens (tertiary/aromatic N) is 2. The number of carbonyl (C=O) groups excluding carboxylic acids is 1. The topological polar surface area (TPSA) is 54.5 Å². The standard InChI is InChI=1S/C21H26ClN3O2S/c22-19-7-2-1-6-18(19)20(25-10-12-27-13-11-25)15-24-21(26)8-14-28-16-17-5-3-4-9-23-17/h1-7,9,20H,8,10-16H2,(H,24,26). The molecule has 0 saturated carbocycles. The molecule has 2 heterocycles. The number of thioether (sulfide) groups is 1. The number of pyridine rings is 1. The van der Waals surface area contributed by atoms with Crippen molar-refractivity contribution in [2.24, 2.45) is 0 Å². The lowest BCUT2D eigenvalue weighted by molar-refractivity contribution is -0.121. The maximum atomic E-state index is 12.3. The van der Waals surface area contributed by atoms with Crippen LogP contribution in [0, 0.1) is 0 Å². The first-order chi connectivity index (χ1) is 13.7. The van der Waals surface area contributed by atoms with Crippen LogP contribution in [0.5, 0.6) is 0 Å². The van der Waals surface area contributed by atoms with Gasteiger partial charge in [-0.05, 0) is 23.8 Å². The van der Waals surface area contributed by atoms with E-state index in [9.17, 15) is 4.79 Å². The van der Waals surface area contributed by atoms with Gasteiger partial charge in [0.2, 0.25) is 5.91 Å². The molecule has 3 rings (SSSR count). The Morgan fingerprint density at radius 1 is 1.21 bits per heavy atom. The Hall–Kier alpha value is -1.60. The third-order valence-electron chi connectivity index (χ3n) is 4.69. The van der Waals surface area contributed by atoms with Crippen LogP contribution in [0.25, 0.3) is 0 Å². The number of aromatic nitrogens is 1. The lowest BCUT2D eigenvalue weighted by Crippen LogP contribution is -2.44. The molecule has 1 saturated heterocycles. The molecule has 0 spiro atoms. The molecule has 1 atom stereocenters. The molecule has 1 N–H and O–H groups in total. The van der Waals surface area contributed by atoms with Gasteiger partial charge in [0, 0.05) is 48.8 Å². The second-order valence-corrected chi connectivity index (χ2v) is 8.13. The smallest absolute Gasteiger partial charge is 0.220 e. The van der Waals surface area contributed by atoms with Crippen molar-refractivity contribution in [2.75, 3.05) is 38.6 Å². The number of nitrogens with one attached hydrogen (secondary N) is 1. The fourth-order valence-electron chi connectivity index (χ4n) is 3.19. The van der Waals surface area contributed by atoms with Crippen LogP contribution >= 0.6 is 23.4 Å². The van der Waals surface area contributed by atoms with Gasteiger partial charge >= 0.3 is 0 Å². The van der Waals surface area contributed by atoms with Crippen LogP contribution in [0.15, 0.2) is 48.7 Å². The molecule has 28 heavy (non-hydrogen) atoms. The third-order valence-corrected chi connectivity index (χ3v) is 6.03. The summed E-state index contributed by atoms with van der Waals surface area (Å²) in [7, 11) is 0. The first-order valence-electron chi connectivity index (χ1n) is 9.54. The van der Waals surface area contributed by atoms with E-state index in [0.29, 0.717) is 26.2 Å². The van der Waals surface area contributed by atoms with Gasteiger partial charge in [0.05, 0.1) is 24.9 Å². The number of amides is 1. The zero-order valence-corrected chi connectivity index (χ0v) is 17.4. The Morgan fingerprint density at radius 3 is 2.75 bits per heavy atom. The molecule has 7 heteroatoms. The molecule has 1 aliphatic heterocycles. The van der Waals surface area contributed by atoms with E-state index in [2.05, 4.69) is 15.2 Å². The molecule has 5 nitrogen and oxygen atoms in total. The predicted molar refractivity (Wildman–Crippen MR) is 115 cm³/mol. The van der Waals surface area contributed by atoms with Crippen LogP contribution in [0.4, 0.5) is 0 Å². The van der Waals surface area contributed by atoms with Crippen LogP contribution < -0.4 is 5.32 Å². The van der Waals surface area contributed by atoms with E-state index in [4.69, 9.17) is 16.3 Å². The average molecular weight is 420 g/mol. The SMILES string of the molecule is O=C(CCSCc1ccccn1)NCC(c1ccccc1Cl)N1CCOCC1. The first kappa shape index (κ1) is 21.1. The number of rotatable bonds is 9. The Bertz CT molecular complexity index is 741. The van der Waals surface area contributed by atoms with E-state index in [-0.39, 0.29) is 11.9 Å². The molecule has 2 aromatic rings. The molecule has 1 amide bonds. The van der Waals surface area contributed by atoms with Crippen LogP contribution in [-0.4, -0.2) is 54.4 Å². The van der Waals surface area contributed by atoms with Gasteiger partial charge in [-0.15, -0.1) is 0 Å². The summed E-state index contributed by atoms with van der Waals surface area (Å²) >= 11 is 8.16. The van der Waals surface area contributed by atoms with E-state index >= 15 is 0 Å². The van der Waals surface area contributed by atoms with Gasteiger partial charge in [-0.3, -0.25) is 14.7 Å². The Kier molecular flexibility index (Phi) is 8.61.